The molecule has 0 rings (SSSR count). The molecule has 0 unspecified atom stereocenters. The SMILES string of the molecule is CCCCCCC/C=C/[C@@H](CCCCCCCC(=O)OC)[C@@H](CC(=O)OC)C(=O)OC. The number of ether oxygens (including phenoxy) is 3. The highest BCUT2D eigenvalue weighted by Gasteiger charge is 2.30. The van der Waals surface area contributed by atoms with Gasteiger partial charge in [0.15, 0.2) is 0 Å². The zero-order chi connectivity index (χ0) is 23.3. The zero-order valence-electron chi connectivity index (χ0n) is 20.2. The summed E-state index contributed by atoms with van der Waals surface area (Å²) in [5, 5.41) is 0. The lowest BCUT2D eigenvalue weighted by molar-refractivity contribution is -0.153. The van der Waals surface area contributed by atoms with Crippen LogP contribution in [-0.4, -0.2) is 39.2 Å². The molecule has 0 aromatic rings. The summed E-state index contributed by atoms with van der Waals surface area (Å²) >= 11 is 0. The van der Waals surface area contributed by atoms with E-state index in [2.05, 4.69) is 23.8 Å². The minimum Gasteiger partial charge on any atom is -0.469 e. The Balaban J connectivity index is 4.70. The molecule has 31 heavy (non-hydrogen) atoms. The van der Waals surface area contributed by atoms with Crippen molar-refractivity contribution in [3.05, 3.63) is 12.2 Å². The third-order valence-corrected chi connectivity index (χ3v) is 5.64. The molecule has 0 saturated carbocycles. The van der Waals surface area contributed by atoms with Crippen molar-refractivity contribution in [3.63, 3.8) is 0 Å². The Kier molecular flexibility index (Phi) is 18.9. The highest BCUT2D eigenvalue weighted by molar-refractivity contribution is 5.80. The lowest BCUT2D eigenvalue weighted by atomic mass is 9.84. The number of methoxy groups -OCH3 is 3. The molecule has 0 fully saturated rings. The molecule has 0 amide bonds. The van der Waals surface area contributed by atoms with Crippen LogP contribution < -0.4 is 0 Å². The van der Waals surface area contributed by atoms with Gasteiger partial charge in [-0.1, -0.05) is 70.4 Å². The van der Waals surface area contributed by atoms with Gasteiger partial charge in [0.25, 0.3) is 0 Å². The molecule has 180 valence electrons. The molecular formula is C25H44O6. The number of unbranched alkanes of at least 4 members (excludes halogenated alkanes) is 9. The molecule has 0 aliphatic carbocycles. The number of esters is 3. The first kappa shape index (κ1) is 29.1. The monoisotopic (exact) mass is 440 g/mol. The van der Waals surface area contributed by atoms with E-state index in [0.717, 1.165) is 51.4 Å². The Labute approximate surface area is 189 Å². The van der Waals surface area contributed by atoms with Crippen LogP contribution in [0.25, 0.3) is 0 Å². The number of hydrogen-bond acceptors (Lipinski definition) is 6. The molecule has 0 N–H and O–H groups in total. The van der Waals surface area contributed by atoms with Crippen LogP contribution in [-0.2, 0) is 28.6 Å². The second-order valence-electron chi connectivity index (χ2n) is 8.09. The van der Waals surface area contributed by atoms with Crippen LogP contribution in [0.5, 0.6) is 0 Å². The van der Waals surface area contributed by atoms with Gasteiger partial charge in [0.1, 0.15) is 0 Å². The molecule has 6 nitrogen and oxygen atoms in total. The second-order valence-corrected chi connectivity index (χ2v) is 8.09. The zero-order valence-corrected chi connectivity index (χ0v) is 20.2. The molecule has 0 aromatic carbocycles. The fourth-order valence-corrected chi connectivity index (χ4v) is 3.67. The van der Waals surface area contributed by atoms with Crippen LogP contribution in [0.1, 0.15) is 96.8 Å². The normalized spacial score (nSPS) is 13.0. The highest BCUT2D eigenvalue weighted by atomic mass is 16.5. The van der Waals surface area contributed by atoms with Gasteiger partial charge in [0.2, 0.25) is 0 Å². The Morgan fingerprint density at radius 2 is 1.35 bits per heavy atom. The van der Waals surface area contributed by atoms with Crippen LogP contribution >= 0.6 is 0 Å². The molecule has 0 aliphatic rings. The summed E-state index contributed by atoms with van der Waals surface area (Å²) in [4.78, 5) is 35.4. The van der Waals surface area contributed by atoms with E-state index in [4.69, 9.17) is 9.47 Å². The van der Waals surface area contributed by atoms with Gasteiger partial charge in [-0.2, -0.15) is 0 Å². The van der Waals surface area contributed by atoms with Crippen molar-refractivity contribution in [1.29, 1.82) is 0 Å². The summed E-state index contributed by atoms with van der Waals surface area (Å²) in [7, 11) is 4.11. The van der Waals surface area contributed by atoms with Crippen LogP contribution in [0, 0.1) is 11.8 Å². The standard InChI is InChI=1S/C25H44O6/c1-5-6-7-8-9-11-14-17-21(22(25(28)31-4)20-24(27)30-3)18-15-12-10-13-16-19-23(26)29-2/h14,17,21-22H,5-13,15-16,18-20H2,1-4H3/b17-14+/t21-,22+/m0/s1. The lowest BCUT2D eigenvalue weighted by Crippen LogP contribution is -2.27. The van der Waals surface area contributed by atoms with Crippen molar-refractivity contribution in [2.75, 3.05) is 21.3 Å². The Hall–Kier alpha value is -1.85. The van der Waals surface area contributed by atoms with Crippen molar-refractivity contribution in [2.24, 2.45) is 11.8 Å². The average molecular weight is 441 g/mol. The molecule has 2 atom stereocenters. The van der Waals surface area contributed by atoms with Crippen LogP contribution in [0.4, 0.5) is 0 Å². The number of hydrogen-bond donors (Lipinski definition) is 0. The van der Waals surface area contributed by atoms with E-state index in [1.54, 1.807) is 0 Å². The maximum Gasteiger partial charge on any atom is 0.309 e. The van der Waals surface area contributed by atoms with E-state index < -0.39 is 11.9 Å². The molecule has 6 heteroatoms. The van der Waals surface area contributed by atoms with E-state index in [1.807, 2.05) is 0 Å². The second kappa shape index (κ2) is 20.1. The smallest absolute Gasteiger partial charge is 0.309 e. The van der Waals surface area contributed by atoms with Crippen LogP contribution in [0.15, 0.2) is 12.2 Å². The van der Waals surface area contributed by atoms with Gasteiger partial charge in [-0.25, -0.2) is 0 Å². The van der Waals surface area contributed by atoms with E-state index >= 15 is 0 Å². The van der Waals surface area contributed by atoms with Crippen molar-refractivity contribution < 1.29 is 28.6 Å². The molecule has 0 spiro atoms. The Bertz CT molecular complexity index is 514. The third kappa shape index (κ3) is 15.6. The molecule has 0 heterocycles. The summed E-state index contributed by atoms with van der Waals surface area (Å²) in [6.45, 7) is 2.21. The summed E-state index contributed by atoms with van der Waals surface area (Å²) in [6.07, 6.45) is 17.5. The lowest BCUT2D eigenvalue weighted by Gasteiger charge is -2.22. The molecule has 0 radical (unpaired) electrons. The number of carbonyl (C=O) groups excluding carboxylic acids is 3. The van der Waals surface area contributed by atoms with Gasteiger partial charge in [-0.15, -0.1) is 0 Å². The van der Waals surface area contributed by atoms with Crippen LogP contribution in [0.3, 0.4) is 0 Å². The fraction of sp³-hybridized carbons (Fsp3) is 0.800. The Morgan fingerprint density at radius 3 is 2.00 bits per heavy atom. The molecule has 0 aromatic heterocycles. The Morgan fingerprint density at radius 1 is 0.742 bits per heavy atom. The molecular weight excluding hydrogens is 396 g/mol. The summed E-state index contributed by atoms with van der Waals surface area (Å²) in [6, 6.07) is 0. The van der Waals surface area contributed by atoms with E-state index in [1.165, 1.54) is 47.0 Å². The molecule has 0 saturated heterocycles. The predicted octanol–water partition coefficient (Wildman–Crippen LogP) is 5.78. The van der Waals surface area contributed by atoms with E-state index in [-0.39, 0.29) is 24.3 Å². The quantitative estimate of drug-likeness (QED) is 0.110. The maximum atomic E-state index is 12.4. The minimum atomic E-state index is -0.520. The summed E-state index contributed by atoms with van der Waals surface area (Å²) in [5.74, 6) is -1.48. The van der Waals surface area contributed by atoms with E-state index in [0.29, 0.717) is 6.42 Å². The summed E-state index contributed by atoms with van der Waals surface area (Å²) in [5.41, 5.74) is 0. The first-order valence-electron chi connectivity index (χ1n) is 11.9. The topological polar surface area (TPSA) is 78.9 Å². The number of rotatable bonds is 19. The van der Waals surface area contributed by atoms with E-state index in [9.17, 15) is 14.4 Å². The van der Waals surface area contributed by atoms with Crippen molar-refractivity contribution in [1.82, 2.24) is 0 Å². The average Bonchev–Trinajstić information content (AvgIpc) is 2.79. The minimum absolute atomic E-state index is 0.0355. The number of allylic oxidation sites excluding steroid dienone is 2. The maximum absolute atomic E-state index is 12.4. The van der Waals surface area contributed by atoms with Gasteiger partial charge in [0.05, 0.1) is 33.7 Å². The first-order chi connectivity index (χ1) is 15.0. The molecule has 0 bridgehead atoms. The first-order valence-corrected chi connectivity index (χ1v) is 11.9. The van der Waals surface area contributed by atoms with Crippen molar-refractivity contribution in [2.45, 2.75) is 96.8 Å². The van der Waals surface area contributed by atoms with Gasteiger partial charge in [-0.05, 0) is 31.6 Å². The largest absolute Gasteiger partial charge is 0.469 e. The fourth-order valence-electron chi connectivity index (χ4n) is 3.67. The van der Waals surface area contributed by atoms with Crippen molar-refractivity contribution >= 4 is 17.9 Å². The molecule has 0 aliphatic heterocycles. The van der Waals surface area contributed by atoms with Gasteiger partial charge < -0.3 is 14.2 Å². The summed E-state index contributed by atoms with van der Waals surface area (Å²) < 4.78 is 14.4. The van der Waals surface area contributed by atoms with Gasteiger partial charge in [-0.3, -0.25) is 14.4 Å². The third-order valence-electron chi connectivity index (χ3n) is 5.64. The highest BCUT2D eigenvalue weighted by Crippen LogP contribution is 2.26. The predicted molar refractivity (Wildman–Crippen MR) is 122 cm³/mol. The van der Waals surface area contributed by atoms with Gasteiger partial charge in [0, 0.05) is 6.42 Å². The number of carbonyl (C=O) groups is 3. The van der Waals surface area contributed by atoms with Gasteiger partial charge >= 0.3 is 17.9 Å². The van der Waals surface area contributed by atoms with Crippen LogP contribution in [0.2, 0.25) is 0 Å². The van der Waals surface area contributed by atoms with Crippen molar-refractivity contribution in [3.8, 4) is 0 Å².